The van der Waals surface area contributed by atoms with Gasteiger partial charge in [0.05, 0.1) is 4.90 Å². The number of hydrogen-bond donors (Lipinski definition) is 2. The molecule has 0 saturated heterocycles. The summed E-state index contributed by atoms with van der Waals surface area (Å²) in [4.78, 5) is 17.7. The molecule has 0 aliphatic heterocycles. The van der Waals surface area contributed by atoms with E-state index in [9.17, 15) is 13.2 Å². The number of nitrogens with zero attached hydrogens (tertiary/aromatic N) is 1. The number of nitrogens with one attached hydrogen (secondary N) is 2. The number of benzene rings is 1. The van der Waals surface area contributed by atoms with Crippen LogP contribution < -0.4 is 10.3 Å². The Bertz CT molecular complexity index is 758. The second kappa shape index (κ2) is 6.02. The number of pyridine rings is 1. The highest BCUT2D eigenvalue weighted by molar-refractivity contribution is 7.89. The van der Waals surface area contributed by atoms with Crippen LogP contribution in [-0.2, 0) is 10.0 Å². The fourth-order valence-electron chi connectivity index (χ4n) is 1.61. The summed E-state index contributed by atoms with van der Waals surface area (Å²) in [5, 5.41) is 0. The Kier molecular flexibility index (Phi) is 4.35. The summed E-state index contributed by atoms with van der Waals surface area (Å²) >= 11 is 0. The lowest BCUT2D eigenvalue weighted by molar-refractivity contribution is 0.0940. The van der Waals surface area contributed by atoms with E-state index in [0.717, 1.165) is 11.1 Å². The van der Waals surface area contributed by atoms with E-state index in [1.807, 2.05) is 13.8 Å². The third-order valence-electron chi connectivity index (χ3n) is 2.99. The lowest BCUT2D eigenvalue weighted by Gasteiger charge is -2.09. The molecule has 1 aromatic heterocycles. The number of amides is 1. The third-order valence-corrected chi connectivity index (χ3v) is 4.23. The first kappa shape index (κ1) is 15.1. The topological polar surface area (TPSA) is 88.2 Å². The first-order valence-electron chi connectivity index (χ1n) is 6.20. The lowest BCUT2D eigenvalue weighted by Crippen LogP contribution is -2.41. The molecule has 0 aliphatic rings. The predicted octanol–water partition coefficient (Wildman–Crippen LogP) is 1.32. The summed E-state index contributed by atoms with van der Waals surface area (Å²) < 4.78 is 24.2. The largest absolute Gasteiger partial charge is 0.284 e. The predicted molar refractivity (Wildman–Crippen MR) is 77.9 cm³/mol. The quantitative estimate of drug-likeness (QED) is 0.834. The number of carbonyl (C=O) groups is 1. The zero-order chi connectivity index (χ0) is 15.5. The molecule has 0 fully saturated rings. The number of aromatic nitrogens is 1. The van der Waals surface area contributed by atoms with Crippen molar-refractivity contribution < 1.29 is 13.2 Å². The first-order valence-corrected chi connectivity index (χ1v) is 7.69. The van der Waals surface area contributed by atoms with Crippen LogP contribution in [0.5, 0.6) is 0 Å². The molecule has 1 heterocycles. The SMILES string of the molecule is Cc1ccc(S(=O)(=O)NNC(=O)c2ccccn2)cc1C. The summed E-state index contributed by atoms with van der Waals surface area (Å²) in [6, 6.07) is 9.53. The van der Waals surface area contributed by atoms with Gasteiger partial charge in [0, 0.05) is 6.20 Å². The number of hydrazine groups is 1. The van der Waals surface area contributed by atoms with Gasteiger partial charge in [-0.2, -0.15) is 0 Å². The van der Waals surface area contributed by atoms with Crippen LogP contribution in [0.2, 0.25) is 0 Å². The highest BCUT2D eigenvalue weighted by Crippen LogP contribution is 2.14. The van der Waals surface area contributed by atoms with Crippen molar-refractivity contribution in [1.82, 2.24) is 15.2 Å². The van der Waals surface area contributed by atoms with Gasteiger partial charge in [-0.1, -0.05) is 12.1 Å². The molecule has 0 saturated carbocycles. The minimum absolute atomic E-state index is 0.0897. The van der Waals surface area contributed by atoms with Gasteiger partial charge in [0.1, 0.15) is 5.69 Å². The second-order valence-corrected chi connectivity index (χ2v) is 6.20. The van der Waals surface area contributed by atoms with Gasteiger partial charge in [0.2, 0.25) is 0 Å². The smallest absolute Gasteiger partial charge is 0.272 e. The summed E-state index contributed by atoms with van der Waals surface area (Å²) in [5.74, 6) is -0.622. The van der Waals surface area contributed by atoms with Gasteiger partial charge in [-0.25, -0.2) is 8.42 Å². The van der Waals surface area contributed by atoms with E-state index in [1.54, 1.807) is 24.3 Å². The fourth-order valence-corrected chi connectivity index (χ4v) is 2.54. The van der Waals surface area contributed by atoms with Gasteiger partial charge >= 0.3 is 0 Å². The summed E-state index contributed by atoms with van der Waals surface area (Å²) in [6.07, 6.45) is 1.45. The molecule has 0 unspecified atom stereocenters. The molecule has 6 nitrogen and oxygen atoms in total. The number of carbonyl (C=O) groups excluding carboxylic acids is 1. The van der Waals surface area contributed by atoms with E-state index in [-0.39, 0.29) is 10.6 Å². The molecule has 1 aromatic carbocycles. The monoisotopic (exact) mass is 305 g/mol. The van der Waals surface area contributed by atoms with Crippen LogP contribution in [-0.4, -0.2) is 19.3 Å². The average Bonchev–Trinajstić information content (AvgIpc) is 2.48. The van der Waals surface area contributed by atoms with E-state index >= 15 is 0 Å². The van der Waals surface area contributed by atoms with Crippen molar-refractivity contribution in [3.63, 3.8) is 0 Å². The molecule has 0 atom stereocenters. The van der Waals surface area contributed by atoms with Crippen molar-refractivity contribution in [3.05, 3.63) is 59.4 Å². The van der Waals surface area contributed by atoms with E-state index in [1.165, 1.54) is 18.3 Å². The number of aryl methyl sites for hydroxylation is 2. The summed E-state index contributed by atoms with van der Waals surface area (Å²) in [5.41, 5.74) is 4.11. The maximum Gasteiger partial charge on any atom is 0.284 e. The molecule has 2 N–H and O–H groups in total. The maximum atomic E-state index is 12.1. The van der Waals surface area contributed by atoms with Crippen LogP contribution in [0.15, 0.2) is 47.5 Å². The Balaban J connectivity index is 2.11. The fraction of sp³-hybridized carbons (Fsp3) is 0.143. The van der Waals surface area contributed by atoms with Crippen molar-refractivity contribution >= 4 is 15.9 Å². The van der Waals surface area contributed by atoms with Gasteiger partial charge in [-0.05, 0) is 49.2 Å². The molecule has 1 amide bonds. The molecular formula is C14H15N3O3S. The number of hydrogen-bond acceptors (Lipinski definition) is 4. The van der Waals surface area contributed by atoms with Gasteiger partial charge < -0.3 is 0 Å². The number of rotatable bonds is 4. The van der Waals surface area contributed by atoms with Crippen molar-refractivity contribution in [2.75, 3.05) is 0 Å². The van der Waals surface area contributed by atoms with E-state index in [0.29, 0.717) is 0 Å². The standard InChI is InChI=1S/C14H15N3O3S/c1-10-6-7-12(9-11(10)2)21(19,20)17-16-14(18)13-5-3-4-8-15-13/h3-9,17H,1-2H3,(H,16,18). The molecule has 110 valence electrons. The Hall–Kier alpha value is -2.25. The van der Waals surface area contributed by atoms with Gasteiger partial charge in [0.15, 0.2) is 0 Å². The Morgan fingerprint density at radius 3 is 2.48 bits per heavy atom. The van der Waals surface area contributed by atoms with Crippen LogP contribution in [0, 0.1) is 13.8 Å². The van der Waals surface area contributed by atoms with Crippen LogP contribution in [0.25, 0.3) is 0 Å². The van der Waals surface area contributed by atoms with Gasteiger partial charge in [-0.15, -0.1) is 4.83 Å². The molecule has 2 aromatic rings. The normalized spacial score (nSPS) is 11.1. The van der Waals surface area contributed by atoms with Crippen LogP contribution in [0.1, 0.15) is 21.6 Å². The summed E-state index contributed by atoms with van der Waals surface area (Å²) in [7, 11) is -3.81. The first-order chi connectivity index (χ1) is 9.90. The number of sulfonamides is 1. The maximum absolute atomic E-state index is 12.1. The molecule has 0 aliphatic carbocycles. The molecule has 7 heteroatoms. The van der Waals surface area contributed by atoms with E-state index in [2.05, 4.69) is 15.2 Å². The van der Waals surface area contributed by atoms with Gasteiger partial charge in [-0.3, -0.25) is 15.2 Å². The van der Waals surface area contributed by atoms with Crippen LogP contribution in [0.3, 0.4) is 0 Å². The molecular weight excluding hydrogens is 290 g/mol. The summed E-state index contributed by atoms with van der Waals surface area (Å²) in [6.45, 7) is 3.71. The van der Waals surface area contributed by atoms with Gasteiger partial charge in [0.25, 0.3) is 15.9 Å². The van der Waals surface area contributed by atoms with Crippen molar-refractivity contribution in [3.8, 4) is 0 Å². The molecule has 0 spiro atoms. The van der Waals surface area contributed by atoms with Crippen LogP contribution in [0.4, 0.5) is 0 Å². The Morgan fingerprint density at radius 2 is 1.86 bits per heavy atom. The second-order valence-electron chi connectivity index (χ2n) is 4.52. The minimum Gasteiger partial charge on any atom is -0.272 e. The highest BCUT2D eigenvalue weighted by atomic mass is 32.2. The zero-order valence-corrected chi connectivity index (χ0v) is 12.4. The van der Waals surface area contributed by atoms with Crippen molar-refractivity contribution in [2.45, 2.75) is 18.7 Å². The van der Waals surface area contributed by atoms with Crippen LogP contribution >= 0.6 is 0 Å². The van der Waals surface area contributed by atoms with E-state index < -0.39 is 15.9 Å². The molecule has 0 bridgehead atoms. The Morgan fingerprint density at radius 1 is 1.10 bits per heavy atom. The Labute approximate surface area is 123 Å². The van der Waals surface area contributed by atoms with Crippen molar-refractivity contribution in [1.29, 1.82) is 0 Å². The average molecular weight is 305 g/mol. The van der Waals surface area contributed by atoms with Crippen molar-refractivity contribution in [2.24, 2.45) is 0 Å². The lowest BCUT2D eigenvalue weighted by atomic mass is 10.1. The van der Waals surface area contributed by atoms with E-state index in [4.69, 9.17) is 0 Å². The zero-order valence-electron chi connectivity index (χ0n) is 11.6. The minimum atomic E-state index is -3.81. The highest BCUT2D eigenvalue weighted by Gasteiger charge is 2.16. The molecule has 0 radical (unpaired) electrons. The molecule has 2 rings (SSSR count). The third kappa shape index (κ3) is 3.65. The molecule has 21 heavy (non-hydrogen) atoms.